The molecule has 1 atom stereocenters. The molecule has 0 N–H and O–H groups in total. The zero-order valence-electron chi connectivity index (χ0n) is 14.5. The molecule has 0 spiro atoms. The van der Waals surface area contributed by atoms with Gasteiger partial charge in [0, 0.05) is 11.6 Å². The average molecular weight is 364 g/mol. The van der Waals surface area contributed by atoms with Gasteiger partial charge in [-0.05, 0) is 12.1 Å². The van der Waals surface area contributed by atoms with E-state index in [1.165, 1.54) is 12.0 Å². The number of hydrogen-bond donors (Lipinski definition) is 0. The monoisotopic (exact) mass is 364 g/mol. The number of esters is 1. The molecule has 0 fully saturated rings. The maximum absolute atomic E-state index is 13.1. The Balaban J connectivity index is 1.66. The van der Waals surface area contributed by atoms with Gasteiger partial charge in [0.05, 0.1) is 19.3 Å². The zero-order valence-corrected chi connectivity index (χ0v) is 14.5. The van der Waals surface area contributed by atoms with Crippen LogP contribution >= 0.6 is 0 Å². The van der Waals surface area contributed by atoms with Gasteiger partial charge in [0.15, 0.2) is 11.5 Å². The molecule has 0 aliphatic carbocycles. The third kappa shape index (κ3) is 3.15. The maximum atomic E-state index is 13.1. The predicted molar refractivity (Wildman–Crippen MR) is 96.5 cm³/mol. The molecule has 4 rings (SSSR count). The third-order valence-electron chi connectivity index (χ3n) is 4.27. The number of rotatable bonds is 3. The van der Waals surface area contributed by atoms with E-state index < -0.39 is 12.1 Å². The van der Waals surface area contributed by atoms with Gasteiger partial charge in [-0.3, -0.25) is 9.69 Å². The van der Waals surface area contributed by atoms with Crippen LogP contribution in [0, 0.1) is 0 Å². The van der Waals surface area contributed by atoms with Crippen LogP contribution in [0.15, 0.2) is 65.2 Å². The Hall–Kier alpha value is -3.61. The Bertz CT molecular complexity index is 983. The van der Waals surface area contributed by atoms with Crippen LogP contribution in [-0.2, 0) is 9.53 Å². The number of anilines is 1. The Labute approximate surface area is 155 Å². The van der Waals surface area contributed by atoms with E-state index in [0.717, 1.165) is 5.56 Å². The number of fused-ring (bicyclic) bond motifs is 1. The fourth-order valence-electron chi connectivity index (χ4n) is 2.93. The van der Waals surface area contributed by atoms with Crippen molar-refractivity contribution < 1.29 is 23.6 Å². The summed E-state index contributed by atoms with van der Waals surface area (Å²) in [6, 6.07) is 18.0. The van der Waals surface area contributed by atoms with Crippen LogP contribution in [0.2, 0.25) is 0 Å². The second-order valence-corrected chi connectivity index (χ2v) is 5.96. The number of carbonyl (C=O) groups is 2. The first-order chi connectivity index (χ1) is 13.2. The second-order valence-electron chi connectivity index (χ2n) is 5.96. The van der Waals surface area contributed by atoms with Crippen LogP contribution in [0.4, 0.5) is 5.69 Å². The van der Waals surface area contributed by atoms with Crippen molar-refractivity contribution in [2.24, 2.45) is 0 Å². The molecule has 0 saturated carbocycles. The molecule has 2 heterocycles. The van der Waals surface area contributed by atoms with Crippen LogP contribution in [0.25, 0.3) is 11.3 Å². The van der Waals surface area contributed by atoms with Crippen molar-refractivity contribution in [1.82, 2.24) is 5.16 Å². The van der Waals surface area contributed by atoms with E-state index in [1.807, 2.05) is 30.3 Å². The minimum Gasteiger partial charge on any atom is -0.475 e. The summed E-state index contributed by atoms with van der Waals surface area (Å²) in [5.41, 5.74) is 1.53. The number of ether oxygens (including phenoxy) is 2. The summed E-state index contributed by atoms with van der Waals surface area (Å²) in [5, 5.41) is 3.91. The van der Waals surface area contributed by atoms with Gasteiger partial charge in [0.1, 0.15) is 5.75 Å². The number of hydrogen-bond acceptors (Lipinski definition) is 6. The van der Waals surface area contributed by atoms with Crippen molar-refractivity contribution in [2.45, 2.75) is 6.10 Å². The quantitative estimate of drug-likeness (QED) is 0.665. The summed E-state index contributed by atoms with van der Waals surface area (Å²) >= 11 is 0. The standard InChI is InChI=1S/C20H16N2O5/c1-25-20(24)18-12-22(15-9-5-6-10-16(15)26-18)19(23)14-11-17(27-21-14)13-7-3-2-4-8-13/h2-11,18H,12H2,1H3/t18-/m1/s1. The lowest BCUT2D eigenvalue weighted by molar-refractivity contribution is -0.148. The van der Waals surface area contributed by atoms with Crippen LogP contribution in [-0.4, -0.2) is 36.8 Å². The van der Waals surface area contributed by atoms with Crippen molar-refractivity contribution in [1.29, 1.82) is 0 Å². The molecule has 136 valence electrons. The Kier molecular flexibility index (Phi) is 4.33. The van der Waals surface area contributed by atoms with Gasteiger partial charge in [-0.2, -0.15) is 0 Å². The lowest BCUT2D eigenvalue weighted by atomic mass is 10.1. The molecule has 3 aromatic rings. The van der Waals surface area contributed by atoms with Gasteiger partial charge in [0.2, 0.25) is 6.10 Å². The van der Waals surface area contributed by atoms with Crippen molar-refractivity contribution in [3.8, 4) is 17.1 Å². The molecule has 27 heavy (non-hydrogen) atoms. The smallest absolute Gasteiger partial charge is 0.348 e. The summed E-state index contributed by atoms with van der Waals surface area (Å²) in [6.07, 6.45) is -0.908. The minimum atomic E-state index is -0.908. The van der Waals surface area contributed by atoms with E-state index in [1.54, 1.807) is 30.3 Å². The van der Waals surface area contributed by atoms with Crippen molar-refractivity contribution in [3.63, 3.8) is 0 Å². The van der Waals surface area contributed by atoms with E-state index in [2.05, 4.69) is 5.16 Å². The highest BCUT2D eigenvalue weighted by atomic mass is 16.6. The fourth-order valence-corrected chi connectivity index (χ4v) is 2.93. The van der Waals surface area contributed by atoms with Gasteiger partial charge in [-0.1, -0.05) is 47.6 Å². The first kappa shape index (κ1) is 16.8. The summed E-state index contributed by atoms with van der Waals surface area (Å²) in [4.78, 5) is 26.5. The molecular formula is C20H16N2O5. The Morgan fingerprint density at radius 1 is 1.11 bits per heavy atom. The highest BCUT2D eigenvalue weighted by Crippen LogP contribution is 2.34. The molecule has 1 amide bonds. The van der Waals surface area contributed by atoms with E-state index in [4.69, 9.17) is 14.0 Å². The number of nitrogens with zero attached hydrogens (tertiary/aromatic N) is 2. The van der Waals surface area contributed by atoms with Crippen LogP contribution in [0.3, 0.4) is 0 Å². The topological polar surface area (TPSA) is 81.9 Å². The number of carbonyl (C=O) groups excluding carboxylic acids is 2. The van der Waals surface area contributed by atoms with Crippen LogP contribution in [0.5, 0.6) is 5.75 Å². The zero-order chi connectivity index (χ0) is 18.8. The average Bonchev–Trinajstić information content (AvgIpc) is 3.22. The van der Waals surface area contributed by atoms with E-state index in [9.17, 15) is 9.59 Å². The first-order valence-electron chi connectivity index (χ1n) is 8.35. The van der Waals surface area contributed by atoms with Crippen molar-refractivity contribution in [3.05, 3.63) is 66.4 Å². The molecule has 1 aliphatic rings. The molecule has 7 heteroatoms. The molecule has 1 aliphatic heterocycles. The molecule has 7 nitrogen and oxygen atoms in total. The molecule has 2 aromatic carbocycles. The van der Waals surface area contributed by atoms with E-state index in [0.29, 0.717) is 17.2 Å². The maximum Gasteiger partial charge on any atom is 0.348 e. The number of para-hydroxylation sites is 2. The second kappa shape index (κ2) is 6.95. The SMILES string of the molecule is COC(=O)[C@H]1CN(C(=O)c2cc(-c3ccccc3)on2)c2ccccc2O1. The van der Waals surface area contributed by atoms with E-state index in [-0.39, 0.29) is 18.1 Å². The molecular weight excluding hydrogens is 348 g/mol. The highest BCUT2D eigenvalue weighted by Gasteiger charge is 2.35. The molecule has 0 bridgehead atoms. The van der Waals surface area contributed by atoms with Gasteiger partial charge < -0.3 is 14.0 Å². The lowest BCUT2D eigenvalue weighted by Gasteiger charge is -2.33. The van der Waals surface area contributed by atoms with Crippen molar-refractivity contribution in [2.75, 3.05) is 18.6 Å². The Morgan fingerprint density at radius 2 is 1.85 bits per heavy atom. The largest absolute Gasteiger partial charge is 0.475 e. The number of aromatic nitrogens is 1. The minimum absolute atomic E-state index is 0.0239. The van der Waals surface area contributed by atoms with E-state index >= 15 is 0 Å². The fraction of sp³-hybridized carbons (Fsp3) is 0.150. The van der Waals surface area contributed by atoms with Crippen LogP contribution < -0.4 is 9.64 Å². The highest BCUT2D eigenvalue weighted by molar-refractivity contribution is 6.07. The van der Waals surface area contributed by atoms with Gasteiger partial charge >= 0.3 is 5.97 Å². The summed E-state index contributed by atoms with van der Waals surface area (Å²) in [5.74, 6) is -0.0118. The molecule has 0 radical (unpaired) electrons. The Morgan fingerprint density at radius 3 is 2.63 bits per heavy atom. The van der Waals surface area contributed by atoms with Crippen molar-refractivity contribution >= 4 is 17.6 Å². The number of amides is 1. The summed E-state index contributed by atoms with van der Waals surface area (Å²) in [6.45, 7) is 0.0239. The third-order valence-corrected chi connectivity index (χ3v) is 4.27. The first-order valence-corrected chi connectivity index (χ1v) is 8.35. The van der Waals surface area contributed by atoms with Gasteiger partial charge in [0.25, 0.3) is 5.91 Å². The normalized spacial score (nSPS) is 15.6. The number of methoxy groups -OCH3 is 1. The number of benzene rings is 2. The lowest BCUT2D eigenvalue weighted by Crippen LogP contribution is -2.47. The van der Waals surface area contributed by atoms with Gasteiger partial charge in [-0.15, -0.1) is 0 Å². The summed E-state index contributed by atoms with van der Waals surface area (Å²) < 4.78 is 15.8. The predicted octanol–water partition coefficient (Wildman–Crippen LogP) is 2.92. The summed E-state index contributed by atoms with van der Waals surface area (Å²) in [7, 11) is 1.28. The van der Waals surface area contributed by atoms with Gasteiger partial charge in [-0.25, -0.2) is 4.79 Å². The van der Waals surface area contributed by atoms with Crippen LogP contribution in [0.1, 0.15) is 10.5 Å². The molecule has 0 saturated heterocycles. The molecule has 0 unspecified atom stereocenters. The molecule has 1 aromatic heterocycles.